The molecule has 40 heavy (non-hydrogen) atoms. The largest absolute Gasteiger partial charge is 0.396 e. The van der Waals surface area contributed by atoms with E-state index in [0.29, 0.717) is 24.2 Å². The van der Waals surface area contributed by atoms with Gasteiger partial charge in [-0.25, -0.2) is 0 Å². The summed E-state index contributed by atoms with van der Waals surface area (Å²) in [5.41, 5.74) is 0.303. The van der Waals surface area contributed by atoms with Gasteiger partial charge in [-0.15, -0.1) is 0 Å². The van der Waals surface area contributed by atoms with Crippen LogP contribution in [0.3, 0.4) is 0 Å². The standard InChI is InChI=1S/C31H40N4O5/c1-5-34(6-2)23-15-13-22(14-16-23)33-28(38)26-31-19-20(3)30(4,40-31)24(25(31)29(39)35(26)17-10-18-36)27(37)32-21-11-8-7-9-12-21/h7-9,11-16,20,24-26,36H,5-6,10,17-19H2,1-4H3,(H,32,37)(H,33,38)/t20?,24-,25-,26?,30+,31?/m0/s1. The normalized spacial score (nSPS) is 30.3. The van der Waals surface area contributed by atoms with E-state index in [2.05, 4.69) is 29.4 Å². The molecule has 3 N–H and O–H groups in total. The maximum absolute atomic E-state index is 14.0. The van der Waals surface area contributed by atoms with E-state index in [-0.39, 0.29) is 36.8 Å². The third-order valence-electron chi connectivity index (χ3n) is 9.21. The Balaban J connectivity index is 1.47. The predicted octanol–water partition coefficient (Wildman–Crippen LogP) is 3.50. The van der Waals surface area contributed by atoms with Gasteiger partial charge in [-0.05, 0) is 75.9 Å². The number of likely N-dealkylation sites (tertiary alicyclic amines) is 1. The van der Waals surface area contributed by atoms with Gasteiger partial charge >= 0.3 is 0 Å². The molecule has 3 aliphatic heterocycles. The van der Waals surface area contributed by atoms with Crippen molar-refractivity contribution in [2.45, 2.75) is 57.8 Å². The van der Waals surface area contributed by atoms with Gasteiger partial charge in [0, 0.05) is 43.3 Å². The molecule has 5 rings (SSSR count). The van der Waals surface area contributed by atoms with Gasteiger partial charge in [0.15, 0.2) is 0 Å². The van der Waals surface area contributed by atoms with Crippen LogP contribution in [0.4, 0.5) is 17.1 Å². The molecular formula is C31H40N4O5. The number of amides is 3. The van der Waals surface area contributed by atoms with Gasteiger partial charge in [0.05, 0.1) is 17.4 Å². The summed E-state index contributed by atoms with van der Waals surface area (Å²) in [6, 6.07) is 15.9. The minimum atomic E-state index is -1.13. The lowest BCUT2D eigenvalue weighted by atomic mass is 9.62. The molecule has 3 aliphatic rings. The molecule has 2 aromatic rings. The average molecular weight is 549 g/mol. The lowest BCUT2D eigenvalue weighted by Gasteiger charge is -2.36. The Hall–Kier alpha value is -3.43. The van der Waals surface area contributed by atoms with Crippen LogP contribution < -0.4 is 15.5 Å². The number of rotatable bonds is 10. The number of nitrogens with one attached hydrogen (secondary N) is 2. The highest BCUT2D eigenvalue weighted by Gasteiger charge is 2.79. The van der Waals surface area contributed by atoms with E-state index in [0.717, 1.165) is 18.8 Å². The number of hydrogen-bond acceptors (Lipinski definition) is 6. The number of hydrogen-bond donors (Lipinski definition) is 3. The second-order valence-corrected chi connectivity index (χ2v) is 11.4. The van der Waals surface area contributed by atoms with Crippen LogP contribution in [-0.4, -0.2) is 71.2 Å². The number of para-hydroxylation sites is 1. The summed E-state index contributed by atoms with van der Waals surface area (Å²) in [7, 11) is 0. The highest BCUT2D eigenvalue weighted by molar-refractivity contribution is 6.05. The molecular weight excluding hydrogens is 508 g/mol. The SMILES string of the molecule is CCN(CC)c1ccc(NC(=O)C2N(CCCO)C(=O)[C@@H]3[C@@H](C(=O)Nc4ccccc4)[C@]4(C)OC23CC4C)cc1. The maximum atomic E-state index is 14.0. The van der Waals surface area contributed by atoms with Crippen LogP contribution in [0.15, 0.2) is 54.6 Å². The molecule has 3 amide bonds. The van der Waals surface area contributed by atoms with Crippen LogP contribution in [0.2, 0.25) is 0 Å². The van der Waals surface area contributed by atoms with Crippen molar-refractivity contribution in [1.82, 2.24) is 4.90 Å². The first kappa shape index (κ1) is 28.1. The van der Waals surface area contributed by atoms with Crippen molar-refractivity contribution in [3.05, 3.63) is 54.6 Å². The average Bonchev–Trinajstić information content (AvgIpc) is 3.46. The summed E-state index contributed by atoms with van der Waals surface area (Å²) >= 11 is 0. The number of carbonyl (C=O) groups is 3. The molecule has 3 fully saturated rings. The third-order valence-corrected chi connectivity index (χ3v) is 9.21. The number of carbonyl (C=O) groups excluding carboxylic acids is 3. The molecule has 0 radical (unpaired) electrons. The van der Waals surface area contributed by atoms with Gasteiger partial charge in [0.2, 0.25) is 17.7 Å². The number of ether oxygens (including phenoxy) is 1. The molecule has 9 nitrogen and oxygen atoms in total. The van der Waals surface area contributed by atoms with Crippen molar-refractivity contribution < 1.29 is 24.2 Å². The topological polar surface area (TPSA) is 111 Å². The second-order valence-electron chi connectivity index (χ2n) is 11.4. The fraction of sp³-hybridized carbons (Fsp3) is 0.516. The molecule has 1 spiro atoms. The Morgan fingerprint density at radius 1 is 1.02 bits per heavy atom. The Morgan fingerprint density at radius 2 is 1.65 bits per heavy atom. The first-order valence-electron chi connectivity index (χ1n) is 14.3. The lowest BCUT2D eigenvalue weighted by molar-refractivity contribution is -0.144. The summed E-state index contributed by atoms with van der Waals surface area (Å²) in [5.74, 6) is -2.50. The molecule has 0 aromatic heterocycles. The number of aliphatic hydroxyl groups excluding tert-OH is 1. The Kier molecular flexibility index (Phi) is 7.63. The molecule has 3 heterocycles. The van der Waals surface area contributed by atoms with E-state index in [4.69, 9.17) is 4.74 Å². The van der Waals surface area contributed by atoms with Crippen LogP contribution in [-0.2, 0) is 19.1 Å². The van der Waals surface area contributed by atoms with Gasteiger partial charge in [-0.1, -0.05) is 25.1 Å². The first-order valence-corrected chi connectivity index (χ1v) is 14.3. The van der Waals surface area contributed by atoms with Crippen LogP contribution in [0, 0.1) is 17.8 Å². The number of benzene rings is 2. The highest BCUT2D eigenvalue weighted by atomic mass is 16.5. The summed E-state index contributed by atoms with van der Waals surface area (Å²) in [6.45, 7) is 9.95. The molecule has 9 heteroatoms. The van der Waals surface area contributed by atoms with Crippen molar-refractivity contribution in [2.75, 3.05) is 41.8 Å². The zero-order chi connectivity index (χ0) is 28.7. The Bertz CT molecular complexity index is 1250. The fourth-order valence-electron chi connectivity index (χ4n) is 7.22. The van der Waals surface area contributed by atoms with E-state index in [1.165, 1.54) is 4.90 Å². The minimum Gasteiger partial charge on any atom is -0.396 e. The smallest absolute Gasteiger partial charge is 0.250 e. The third kappa shape index (κ3) is 4.45. The first-order chi connectivity index (χ1) is 19.2. The number of aliphatic hydroxyl groups is 1. The predicted molar refractivity (Wildman–Crippen MR) is 154 cm³/mol. The molecule has 2 bridgehead atoms. The molecule has 0 aliphatic carbocycles. The summed E-state index contributed by atoms with van der Waals surface area (Å²) in [4.78, 5) is 45.6. The highest BCUT2D eigenvalue weighted by Crippen LogP contribution is 2.65. The van der Waals surface area contributed by atoms with E-state index < -0.39 is 29.1 Å². The van der Waals surface area contributed by atoms with E-state index >= 15 is 0 Å². The summed E-state index contributed by atoms with van der Waals surface area (Å²) in [5, 5.41) is 15.6. The Labute approximate surface area is 235 Å². The monoisotopic (exact) mass is 548 g/mol. The van der Waals surface area contributed by atoms with Crippen molar-refractivity contribution in [2.24, 2.45) is 17.8 Å². The fourth-order valence-corrected chi connectivity index (χ4v) is 7.22. The maximum Gasteiger partial charge on any atom is 0.250 e. The zero-order valence-electron chi connectivity index (χ0n) is 23.7. The van der Waals surface area contributed by atoms with E-state index in [9.17, 15) is 19.5 Å². The van der Waals surface area contributed by atoms with Crippen molar-refractivity contribution in [3.63, 3.8) is 0 Å². The van der Waals surface area contributed by atoms with Gasteiger partial charge < -0.3 is 30.3 Å². The molecule has 214 valence electrons. The van der Waals surface area contributed by atoms with Gasteiger partial charge in [-0.2, -0.15) is 0 Å². The van der Waals surface area contributed by atoms with Crippen molar-refractivity contribution >= 4 is 34.8 Å². The van der Waals surface area contributed by atoms with E-state index in [1.54, 1.807) is 12.1 Å². The van der Waals surface area contributed by atoms with Crippen LogP contribution in [0.5, 0.6) is 0 Å². The van der Waals surface area contributed by atoms with Crippen LogP contribution in [0.25, 0.3) is 0 Å². The summed E-state index contributed by atoms with van der Waals surface area (Å²) < 4.78 is 6.73. The van der Waals surface area contributed by atoms with E-state index in [1.807, 2.05) is 56.3 Å². The number of nitrogens with zero attached hydrogens (tertiary/aromatic N) is 2. The molecule has 3 unspecified atom stereocenters. The Morgan fingerprint density at radius 3 is 2.27 bits per heavy atom. The number of anilines is 3. The van der Waals surface area contributed by atoms with Crippen LogP contribution >= 0.6 is 0 Å². The summed E-state index contributed by atoms with van der Waals surface area (Å²) in [6.07, 6.45) is 0.814. The van der Waals surface area contributed by atoms with Gasteiger partial charge in [-0.3, -0.25) is 14.4 Å². The van der Waals surface area contributed by atoms with Gasteiger partial charge in [0.25, 0.3) is 0 Å². The number of fused-ring (bicyclic) bond motifs is 1. The van der Waals surface area contributed by atoms with Crippen LogP contribution in [0.1, 0.15) is 40.5 Å². The molecule has 3 saturated heterocycles. The van der Waals surface area contributed by atoms with Crippen molar-refractivity contribution in [1.29, 1.82) is 0 Å². The van der Waals surface area contributed by atoms with Gasteiger partial charge in [0.1, 0.15) is 11.6 Å². The zero-order valence-corrected chi connectivity index (χ0v) is 23.7. The quantitative estimate of drug-likeness (QED) is 0.419. The molecule has 6 atom stereocenters. The molecule has 2 aromatic carbocycles. The van der Waals surface area contributed by atoms with Crippen molar-refractivity contribution in [3.8, 4) is 0 Å². The lowest BCUT2D eigenvalue weighted by Crippen LogP contribution is -2.54. The molecule has 0 saturated carbocycles. The minimum absolute atomic E-state index is 0.0514. The second kappa shape index (κ2) is 10.9.